The molecule has 0 aromatic heterocycles. The maximum absolute atomic E-state index is 9.08. The number of benzene rings is 1. The molecule has 0 saturated heterocycles. The molecule has 1 rings (SSSR count). The maximum atomic E-state index is 9.08. The molecule has 1 aromatic rings. The zero-order valence-electron chi connectivity index (χ0n) is 7.95. The van der Waals surface area contributed by atoms with E-state index in [2.05, 4.69) is 5.32 Å². The Morgan fingerprint density at radius 2 is 2.15 bits per heavy atom. The van der Waals surface area contributed by atoms with Crippen LogP contribution in [0.5, 0.6) is 5.75 Å². The SMILES string of the molecule is CNC(CO)c1ccccc1OC. The smallest absolute Gasteiger partial charge is 0.123 e. The first-order valence-electron chi connectivity index (χ1n) is 4.24. The van der Waals surface area contributed by atoms with Crippen LogP contribution in [0, 0.1) is 0 Å². The molecule has 3 heteroatoms. The first-order valence-corrected chi connectivity index (χ1v) is 4.24. The molecular formula is C10H15NO2. The molecule has 0 bridgehead atoms. The van der Waals surface area contributed by atoms with Crippen molar-refractivity contribution in [1.29, 1.82) is 0 Å². The second kappa shape index (κ2) is 4.84. The van der Waals surface area contributed by atoms with Gasteiger partial charge in [-0.15, -0.1) is 0 Å². The van der Waals surface area contributed by atoms with Gasteiger partial charge in [0.25, 0.3) is 0 Å². The number of ether oxygens (including phenoxy) is 1. The van der Waals surface area contributed by atoms with E-state index in [-0.39, 0.29) is 12.6 Å². The highest BCUT2D eigenvalue weighted by atomic mass is 16.5. The molecule has 2 N–H and O–H groups in total. The summed E-state index contributed by atoms with van der Waals surface area (Å²) in [6.45, 7) is 0.0663. The molecule has 0 saturated carbocycles. The summed E-state index contributed by atoms with van der Waals surface area (Å²) < 4.78 is 5.18. The van der Waals surface area contributed by atoms with Gasteiger partial charge in [-0.1, -0.05) is 18.2 Å². The zero-order chi connectivity index (χ0) is 9.68. The van der Waals surface area contributed by atoms with Crippen molar-refractivity contribution in [3.63, 3.8) is 0 Å². The lowest BCUT2D eigenvalue weighted by Crippen LogP contribution is -2.20. The van der Waals surface area contributed by atoms with Gasteiger partial charge in [0.15, 0.2) is 0 Å². The third-order valence-electron chi connectivity index (χ3n) is 2.05. The van der Waals surface area contributed by atoms with Crippen molar-refractivity contribution in [2.45, 2.75) is 6.04 Å². The number of aliphatic hydroxyl groups is 1. The Labute approximate surface area is 78.3 Å². The fraction of sp³-hybridized carbons (Fsp3) is 0.400. The maximum Gasteiger partial charge on any atom is 0.123 e. The highest BCUT2D eigenvalue weighted by Crippen LogP contribution is 2.23. The van der Waals surface area contributed by atoms with Gasteiger partial charge in [-0.25, -0.2) is 0 Å². The minimum atomic E-state index is -0.0591. The van der Waals surface area contributed by atoms with Crippen LogP contribution in [0.15, 0.2) is 24.3 Å². The Balaban J connectivity index is 2.96. The second-order valence-corrected chi connectivity index (χ2v) is 2.77. The lowest BCUT2D eigenvalue weighted by atomic mass is 10.1. The fourth-order valence-electron chi connectivity index (χ4n) is 1.30. The molecule has 0 aliphatic rings. The van der Waals surface area contributed by atoms with Gasteiger partial charge in [0.05, 0.1) is 19.8 Å². The summed E-state index contributed by atoms with van der Waals surface area (Å²) in [5, 5.41) is 12.1. The van der Waals surface area contributed by atoms with Crippen LogP contribution in [-0.4, -0.2) is 25.9 Å². The van der Waals surface area contributed by atoms with Crippen LogP contribution in [0.1, 0.15) is 11.6 Å². The first-order chi connectivity index (χ1) is 6.33. The van der Waals surface area contributed by atoms with Crippen LogP contribution < -0.4 is 10.1 Å². The number of rotatable bonds is 4. The highest BCUT2D eigenvalue weighted by Gasteiger charge is 2.11. The quantitative estimate of drug-likeness (QED) is 0.726. The van der Waals surface area contributed by atoms with E-state index in [0.29, 0.717) is 0 Å². The van der Waals surface area contributed by atoms with Gasteiger partial charge in [-0.3, -0.25) is 0 Å². The van der Waals surface area contributed by atoms with Crippen molar-refractivity contribution >= 4 is 0 Å². The topological polar surface area (TPSA) is 41.5 Å². The highest BCUT2D eigenvalue weighted by molar-refractivity contribution is 5.35. The van der Waals surface area contributed by atoms with Crippen LogP contribution in [0.2, 0.25) is 0 Å². The Bertz CT molecular complexity index is 259. The van der Waals surface area contributed by atoms with Crippen LogP contribution in [-0.2, 0) is 0 Å². The molecule has 0 aliphatic carbocycles. The lowest BCUT2D eigenvalue weighted by Gasteiger charge is -2.16. The Hall–Kier alpha value is -1.06. The number of likely N-dealkylation sites (N-methyl/N-ethyl adjacent to an activating group) is 1. The summed E-state index contributed by atoms with van der Waals surface area (Å²) in [5.74, 6) is 0.802. The number of aliphatic hydroxyl groups excluding tert-OH is 1. The van der Waals surface area contributed by atoms with Gasteiger partial charge in [0, 0.05) is 5.56 Å². The standard InChI is InChI=1S/C10H15NO2/c1-11-9(7-12)8-5-3-4-6-10(8)13-2/h3-6,9,11-12H,7H2,1-2H3. The summed E-state index contributed by atoms with van der Waals surface area (Å²) in [7, 11) is 3.44. The second-order valence-electron chi connectivity index (χ2n) is 2.77. The van der Waals surface area contributed by atoms with E-state index in [4.69, 9.17) is 9.84 Å². The average Bonchev–Trinajstić information content (AvgIpc) is 2.20. The van der Waals surface area contributed by atoms with Crippen LogP contribution >= 0.6 is 0 Å². The average molecular weight is 181 g/mol. The van der Waals surface area contributed by atoms with Crippen molar-refractivity contribution < 1.29 is 9.84 Å². The van der Waals surface area contributed by atoms with Crippen LogP contribution in [0.3, 0.4) is 0 Å². The van der Waals surface area contributed by atoms with Gasteiger partial charge in [0.1, 0.15) is 5.75 Å². The minimum Gasteiger partial charge on any atom is -0.496 e. The summed E-state index contributed by atoms with van der Waals surface area (Å²) in [6.07, 6.45) is 0. The molecule has 0 radical (unpaired) electrons. The van der Waals surface area contributed by atoms with E-state index >= 15 is 0 Å². The van der Waals surface area contributed by atoms with Gasteiger partial charge in [-0.2, -0.15) is 0 Å². The van der Waals surface area contributed by atoms with Crippen molar-refractivity contribution in [3.8, 4) is 5.75 Å². The van der Waals surface area contributed by atoms with E-state index < -0.39 is 0 Å². The summed E-state index contributed by atoms with van der Waals surface area (Å²) in [6, 6.07) is 7.60. The molecule has 0 amide bonds. The monoisotopic (exact) mass is 181 g/mol. The number of hydrogen-bond acceptors (Lipinski definition) is 3. The largest absolute Gasteiger partial charge is 0.496 e. The van der Waals surface area contributed by atoms with Crippen LogP contribution in [0.25, 0.3) is 0 Å². The molecule has 3 nitrogen and oxygen atoms in total. The molecular weight excluding hydrogens is 166 g/mol. The minimum absolute atomic E-state index is 0.0591. The number of para-hydroxylation sites is 1. The molecule has 0 heterocycles. The Morgan fingerprint density at radius 1 is 1.46 bits per heavy atom. The van der Waals surface area contributed by atoms with Gasteiger partial charge < -0.3 is 15.2 Å². The van der Waals surface area contributed by atoms with Gasteiger partial charge in [0.2, 0.25) is 0 Å². The molecule has 13 heavy (non-hydrogen) atoms. The lowest BCUT2D eigenvalue weighted by molar-refractivity contribution is 0.247. The van der Waals surface area contributed by atoms with E-state index in [0.717, 1.165) is 11.3 Å². The zero-order valence-corrected chi connectivity index (χ0v) is 7.95. The third kappa shape index (κ3) is 2.20. The fourth-order valence-corrected chi connectivity index (χ4v) is 1.30. The first kappa shape index (κ1) is 10.0. The van der Waals surface area contributed by atoms with E-state index in [9.17, 15) is 0 Å². The predicted octanol–water partition coefficient (Wildman–Crippen LogP) is 0.948. The molecule has 1 atom stereocenters. The molecule has 0 aliphatic heterocycles. The Morgan fingerprint density at radius 3 is 2.69 bits per heavy atom. The summed E-state index contributed by atoms with van der Waals surface area (Å²) in [5.41, 5.74) is 0.981. The van der Waals surface area contributed by atoms with Crippen molar-refractivity contribution in [1.82, 2.24) is 5.32 Å². The number of hydrogen-bond donors (Lipinski definition) is 2. The van der Waals surface area contributed by atoms with Crippen LogP contribution in [0.4, 0.5) is 0 Å². The molecule has 1 unspecified atom stereocenters. The molecule has 0 fully saturated rings. The normalized spacial score (nSPS) is 12.5. The molecule has 0 spiro atoms. The van der Waals surface area contributed by atoms with Gasteiger partial charge in [-0.05, 0) is 13.1 Å². The van der Waals surface area contributed by atoms with E-state index in [1.165, 1.54) is 0 Å². The van der Waals surface area contributed by atoms with Gasteiger partial charge >= 0.3 is 0 Å². The van der Waals surface area contributed by atoms with Crippen molar-refractivity contribution in [2.24, 2.45) is 0 Å². The summed E-state index contributed by atoms with van der Waals surface area (Å²) in [4.78, 5) is 0. The molecule has 72 valence electrons. The number of methoxy groups -OCH3 is 1. The van der Waals surface area contributed by atoms with E-state index in [1.54, 1.807) is 7.11 Å². The summed E-state index contributed by atoms with van der Waals surface area (Å²) >= 11 is 0. The van der Waals surface area contributed by atoms with E-state index in [1.807, 2.05) is 31.3 Å². The third-order valence-corrected chi connectivity index (χ3v) is 2.05. The Kier molecular flexibility index (Phi) is 3.73. The van der Waals surface area contributed by atoms with Crippen molar-refractivity contribution in [2.75, 3.05) is 20.8 Å². The van der Waals surface area contributed by atoms with Crippen molar-refractivity contribution in [3.05, 3.63) is 29.8 Å². The molecule has 1 aromatic carbocycles. The number of nitrogens with one attached hydrogen (secondary N) is 1. The predicted molar refractivity (Wildman–Crippen MR) is 51.9 cm³/mol.